The third kappa shape index (κ3) is 3.76. The maximum absolute atomic E-state index is 13.3. The van der Waals surface area contributed by atoms with Gasteiger partial charge in [0.25, 0.3) is 5.91 Å². The van der Waals surface area contributed by atoms with Crippen molar-refractivity contribution in [2.45, 2.75) is 39.0 Å². The normalized spacial score (nSPS) is 19.4. The van der Waals surface area contributed by atoms with Crippen molar-refractivity contribution in [2.24, 2.45) is 5.92 Å². The largest absolute Gasteiger partial charge is 0.381 e. The molecule has 1 aliphatic heterocycles. The maximum Gasteiger partial charge on any atom is 0.257 e. The van der Waals surface area contributed by atoms with Crippen LogP contribution in [0.2, 0.25) is 5.02 Å². The second-order valence-corrected chi connectivity index (χ2v) is 8.04. The van der Waals surface area contributed by atoms with E-state index in [9.17, 15) is 4.79 Å². The Bertz CT molecular complexity index is 838. The number of hydrogen-bond donors (Lipinski definition) is 0. The van der Waals surface area contributed by atoms with Gasteiger partial charge in [-0.3, -0.25) is 4.79 Å². The summed E-state index contributed by atoms with van der Waals surface area (Å²) in [7, 11) is 0. The molecule has 144 valence electrons. The zero-order chi connectivity index (χ0) is 19.0. The number of nitrogens with zero attached hydrogens (tertiary/aromatic N) is 3. The van der Waals surface area contributed by atoms with E-state index in [1.807, 2.05) is 41.6 Å². The summed E-state index contributed by atoms with van der Waals surface area (Å²) >= 11 is 6.32. The lowest BCUT2D eigenvalue weighted by atomic mass is 10.1. The summed E-state index contributed by atoms with van der Waals surface area (Å²) in [6, 6.07) is 5.94. The Morgan fingerprint density at radius 3 is 2.81 bits per heavy atom. The molecule has 2 fully saturated rings. The van der Waals surface area contributed by atoms with Crippen molar-refractivity contribution < 1.29 is 9.53 Å². The van der Waals surface area contributed by atoms with E-state index in [1.165, 1.54) is 0 Å². The number of carbonyl (C=O) groups excluding carboxylic acids is 1. The highest BCUT2D eigenvalue weighted by Gasteiger charge is 2.34. The minimum absolute atomic E-state index is 0.0794. The van der Waals surface area contributed by atoms with E-state index < -0.39 is 0 Å². The Morgan fingerprint density at radius 1 is 1.37 bits per heavy atom. The van der Waals surface area contributed by atoms with Gasteiger partial charge in [0.15, 0.2) is 0 Å². The lowest BCUT2D eigenvalue weighted by Crippen LogP contribution is -2.35. The Hall–Kier alpha value is -1.85. The van der Waals surface area contributed by atoms with Crippen molar-refractivity contribution in [2.75, 3.05) is 26.3 Å². The Morgan fingerprint density at radius 2 is 2.19 bits per heavy atom. The van der Waals surface area contributed by atoms with Gasteiger partial charge in [-0.2, -0.15) is 5.10 Å². The van der Waals surface area contributed by atoms with Crippen molar-refractivity contribution in [3.05, 3.63) is 46.2 Å². The average molecular weight is 388 g/mol. The smallest absolute Gasteiger partial charge is 0.257 e. The van der Waals surface area contributed by atoms with E-state index in [1.54, 1.807) is 6.20 Å². The van der Waals surface area contributed by atoms with Crippen LogP contribution in [0.1, 0.15) is 53.7 Å². The fourth-order valence-electron chi connectivity index (χ4n) is 3.76. The molecule has 27 heavy (non-hydrogen) atoms. The quantitative estimate of drug-likeness (QED) is 0.745. The molecule has 1 amide bonds. The topological polar surface area (TPSA) is 47.4 Å². The SMILES string of the molecule is CCN(CC1CCOC1)C(=O)c1cnn(-c2ccc(C)c(Cl)c2)c1C1CC1. The van der Waals surface area contributed by atoms with Crippen LogP contribution in [0.4, 0.5) is 0 Å². The number of ether oxygens (including phenoxy) is 1. The molecule has 1 aromatic heterocycles. The van der Waals surface area contributed by atoms with Gasteiger partial charge in [-0.05, 0) is 50.8 Å². The van der Waals surface area contributed by atoms with Crippen LogP contribution in [0, 0.1) is 12.8 Å². The summed E-state index contributed by atoms with van der Waals surface area (Å²) in [5.74, 6) is 0.917. The standard InChI is InChI=1S/C21H26ClN3O2/c1-3-24(12-15-8-9-27-13-15)21(26)18-11-23-25(20(18)16-5-6-16)17-7-4-14(2)19(22)10-17/h4,7,10-11,15-16H,3,5-6,8-9,12-13H2,1-2H3. The summed E-state index contributed by atoms with van der Waals surface area (Å²) in [5, 5.41) is 5.29. The first-order valence-electron chi connectivity index (χ1n) is 9.80. The zero-order valence-electron chi connectivity index (χ0n) is 15.9. The molecule has 0 spiro atoms. The Labute approximate surface area is 165 Å². The number of halogens is 1. The summed E-state index contributed by atoms with van der Waals surface area (Å²) in [6.07, 6.45) is 4.97. The number of benzene rings is 1. The van der Waals surface area contributed by atoms with Gasteiger partial charge in [0.1, 0.15) is 0 Å². The average Bonchev–Trinajstić information content (AvgIpc) is 3.19. The molecule has 5 nitrogen and oxygen atoms in total. The predicted octanol–water partition coefficient (Wildman–Crippen LogP) is 4.21. The fraction of sp³-hybridized carbons (Fsp3) is 0.524. The van der Waals surface area contributed by atoms with Gasteiger partial charge in [-0.1, -0.05) is 17.7 Å². The minimum atomic E-state index is 0.0794. The molecule has 0 radical (unpaired) electrons. The molecule has 2 aromatic rings. The molecule has 2 aliphatic rings. The molecule has 1 saturated heterocycles. The van der Waals surface area contributed by atoms with Gasteiger partial charge in [0.05, 0.1) is 29.7 Å². The number of aromatic nitrogens is 2. The molecule has 1 unspecified atom stereocenters. The van der Waals surface area contributed by atoms with Crippen LogP contribution in [0.25, 0.3) is 5.69 Å². The van der Waals surface area contributed by atoms with Crippen LogP contribution < -0.4 is 0 Å². The molecule has 1 saturated carbocycles. The molecule has 6 heteroatoms. The molecule has 0 bridgehead atoms. The van der Waals surface area contributed by atoms with E-state index in [4.69, 9.17) is 16.3 Å². The fourth-order valence-corrected chi connectivity index (χ4v) is 3.93. The first-order valence-corrected chi connectivity index (χ1v) is 10.2. The number of aryl methyl sites for hydroxylation is 1. The van der Waals surface area contributed by atoms with E-state index in [0.717, 1.165) is 61.5 Å². The lowest BCUT2D eigenvalue weighted by Gasteiger charge is -2.24. The predicted molar refractivity (Wildman–Crippen MR) is 106 cm³/mol. The second kappa shape index (κ2) is 7.64. The molecule has 1 aromatic carbocycles. The molecule has 0 N–H and O–H groups in total. The summed E-state index contributed by atoms with van der Waals surface area (Å²) < 4.78 is 7.38. The van der Waals surface area contributed by atoms with Gasteiger partial charge in [0.2, 0.25) is 0 Å². The summed E-state index contributed by atoms with van der Waals surface area (Å²) in [4.78, 5) is 15.2. The van der Waals surface area contributed by atoms with Crippen molar-refractivity contribution in [3.8, 4) is 5.69 Å². The third-order valence-corrected chi connectivity index (χ3v) is 5.98. The molecule has 4 rings (SSSR count). The highest BCUT2D eigenvalue weighted by atomic mass is 35.5. The van der Waals surface area contributed by atoms with Crippen LogP contribution in [0.15, 0.2) is 24.4 Å². The van der Waals surface area contributed by atoms with E-state index in [0.29, 0.717) is 23.4 Å². The van der Waals surface area contributed by atoms with Crippen LogP contribution in [0.5, 0.6) is 0 Å². The van der Waals surface area contributed by atoms with Crippen molar-refractivity contribution in [1.29, 1.82) is 0 Å². The number of carbonyl (C=O) groups is 1. The van der Waals surface area contributed by atoms with Crippen molar-refractivity contribution in [1.82, 2.24) is 14.7 Å². The number of amides is 1. The first kappa shape index (κ1) is 18.5. The summed E-state index contributed by atoms with van der Waals surface area (Å²) in [5.41, 5.74) is 3.71. The Balaban J connectivity index is 1.65. The highest BCUT2D eigenvalue weighted by Crippen LogP contribution is 2.43. The van der Waals surface area contributed by atoms with Gasteiger partial charge in [-0.15, -0.1) is 0 Å². The van der Waals surface area contributed by atoms with Crippen LogP contribution in [-0.2, 0) is 4.74 Å². The molecule has 1 atom stereocenters. The van der Waals surface area contributed by atoms with Gasteiger partial charge < -0.3 is 9.64 Å². The van der Waals surface area contributed by atoms with Crippen LogP contribution >= 0.6 is 11.6 Å². The van der Waals surface area contributed by atoms with Gasteiger partial charge in [0, 0.05) is 36.6 Å². The van der Waals surface area contributed by atoms with E-state index in [2.05, 4.69) is 5.10 Å². The Kier molecular flexibility index (Phi) is 5.24. The first-order chi connectivity index (χ1) is 13.1. The second-order valence-electron chi connectivity index (χ2n) is 7.64. The van der Waals surface area contributed by atoms with Crippen molar-refractivity contribution >= 4 is 17.5 Å². The van der Waals surface area contributed by atoms with Crippen LogP contribution in [-0.4, -0.2) is 46.9 Å². The van der Waals surface area contributed by atoms with Gasteiger partial charge in [-0.25, -0.2) is 4.68 Å². The third-order valence-electron chi connectivity index (χ3n) is 5.57. The molecular weight excluding hydrogens is 362 g/mol. The molecular formula is C21H26ClN3O2. The van der Waals surface area contributed by atoms with Gasteiger partial charge >= 0.3 is 0 Å². The van der Waals surface area contributed by atoms with Crippen molar-refractivity contribution in [3.63, 3.8) is 0 Å². The summed E-state index contributed by atoms with van der Waals surface area (Å²) in [6.45, 7) is 7.02. The number of hydrogen-bond acceptors (Lipinski definition) is 3. The molecule has 1 aliphatic carbocycles. The van der Waals surface area contributed by atoms with E-state index in [-0.39, 0.29) is 5.91 Å². The van der Waals surface area contributed by atoms with Crippen LogP contribution in [0.3, 0.4) is 0 Å². The highest BCUT2D eigenvalue weighted by molar-refractivity contribution is 6.31. The minimum Gasteiger partial charge on any atom is -0.381 e. The van der Waals surface area contributed by atoms with E-state index >= 15 is 0 Å². The monoisotopic (exact) mass is 387 g/mol. The molecule has 2 heterocycles. The number of rotatable bonds is 6. The lowest BCUT2D eigenvalue weighted by molar-refractivity contribution is 0.0729. The maximum atomic E-state index is 13.3. The zero-order valence-corrected chi connectivity index (χ0v) is 16.7.